The largest absolute Gasteiger partial charge is 0.451 e. The number of hydrogen-bond acceptors (Lipinski definition) is 7. The van der Waals surface area contributed by atoms with Crippen molar-refractivity contribution < 1.29 is 17.6 Å². The van der Waals surface area contributed by atoms with Gasteiger partial charge in [0.25, 0.3) is 5.22 Å². The average molecular weight is 445 g/mol. The van der Waals surface area contributed by atoms with Crippen LogP contribution in [0.1, 0.15) is 24.7 Å². The Morgan fingerprint density at radius 3 is 2.75 bits per heavy atom. The molecule has 1 aliphatic rings. The molecule has 1 aromatic carbocycles. The number of alkyl halides is 3. The van der Waals surface area contributed by atoms with Crippen LogP contribution in [0.25, 0.3) is 11.5 Å². The quantitative estimate of drug-likeness (QED) is 0.473. The minimum Gasteiger partial charge on any atom is -0.411 e. The summed E-state index contributed by atoms with van der Waals surface area (Å²) in [5, 5.41) is 9.13. The lowest BCUT2D eigenvalue weighted by molar-refractivity contribution is -0.145. The van der Waals surface area contributed by atoms with Crippen molar-refractivity contribution in [3.05, 3.63) is 40.7 Å². The van der Waals surface area contributed by atoms with Gasteiger partial charge in [-0.05, 0) is 36.7 Å². The lowest BCUT2D eigenvalue weighted by atomic mass is 10.1. The summed E-state index contributed by atoms with van der Waals surface area (Å²) in [5.41, 5.74) is 1.24. The highest BCUT2D eigenvalue weighted by atomic mass is 35.5. The molecule has 0 radical (unpaired) electrons. The normalized spacial score (nSPS) is 16.4. The van der Waals surface area contributed by atoms with Crippen molar-refractivity contribution in [2.75, 3.05) is 0 Å². The van der Waals surface area contributed by atoms with Gasteiger partial charge in [-0.2, -0.15) is 13.2 Å². The van der Waals surface area contributed by atoms with Crippen LogP contribution in [0.5, 0.6) is 0 Å². The molecule has 3 aromatic rings. The maximum atomic E-state index is 13.2. The summed E-state index contributed by atoms with van der Waals surface area (Å²) >= 11 is 8.38. The fraction of sp³-hybridized carbons (Fsp3) is 0.294. The lowest BCUT2D eigenvalue weighted by Gasteiger charge is -2.09. The molecule has 146 valence electrons. The minimum atomic E-state index is -4.63. The molecule has 0 amide bonds. The number of halogens is 4. The van der Waals surface area contributed by atoms with Crippen molar-refractivity contribution in [1.29, 1.82) is 0 Å². The summed E-state index contributed by atoms with van der Waals surface area (Å²) in [4.78, 5) is 7.46. The molecular formula is C17H12ClF3N4OS2. The molecule has 0 saturated carbocycles. The Kier molecular flexibility index (Phi) is 5.28. The van der Waals surface area contributed by atoms with Crippen LogP contribution in [0.15, 0.2) is 44.0 Å². The highest BCUT2D eigenvalue weighted by Crippen LogP contribution is 2.44. The summed E-state index contributed by atoms with van der Waals surface area (Å²) in [6, 6.07) is 6.94. The summed E-state index contributed by atoms with van der Waals surface area (Å²) in [7, 11) is 0. The number of hydrogen-bond donors (Lipinski definition) is 0. The Labute approximate surface area is 171 Å². The maximum absolute atomic E-state index is 13.2. The molecular weight excluding hydrogens is 433 g/mol. The average Bonchev–Trinajstić information content (AvgIpc) is 3.28. The second-order valence-corrected chi connectivity index (χ2v) is 8.58. The van der Waals surface area contributed by atoms with Gasteiger partial charge in [0.05, 0.1) is 10.6 Å². The van der Waals surface area contributed by atoms with Gasteiger partial charge in [-0.3, -0.25) is 0 Å². The Bertz CT molecular complexity index is 1030. The Morgan fingerprint density at radius 1 is 1.25 bits per heavy atom. The first-order valence-electron chi connectivity index (χ1n) is 8.26. The highest BCUT2D eigenvalue weighted by Gasteiger charge is 2.38. The second kappa shape index (κ2) is 7.57. The zero-order valence-corrected chi connectivity index (χ0v) is 16.7. The smallest absolute Gasteiger partial charge is 0.411 e. The van der Waals surface area contributed by atoms with E-state index < -0.39 is 12.0 Å². The fourth-order valence-electron chi connectivity index (χ4n) is 2.66. The molecule has 5 nitrogen and oxygen atoms in total. The number of aromatic nitrogens is 4. The van der Waals surface area contributed by atoms with E-state index in [0.29, 0.717) is 27.6 Å². The van der Waals surface area contributed by atoms with Crippen LogP contribution in [0, 0.1) is 0 Å². The number of fused-ring (bicyclic) bond motifs is 1. The molecule has 2 aromatic heterocycles. The predicted molar refractivity (Wildman–Crippen MR) is 99.5 cm³/mol. The van der Waals surface area contributed by atoms with Gasteiger partial charge >= 0.3 is 6.18 Å². The zero-order chi connectivity index (χ0) is 19.9. The molecule has 28 heavy (non-hydrogen) atoms. The minimum absolute atomic E-state index is 0.0916. The van der Waals surface area contributed by atoms with E-state index in [4.69, 9.17) is 16.0 Å². The van der Waals surface area contributed by atoms with E-state index in [1.807, 2.05) is 6.92 Å². The summed E-state index contributed by atoms with van der Waals surface area (Å²) < 4.78 is 45.2. The topological polar surface area (TPSA) is 64.7 Å². The molecule has 0 bridgehead atoms. The van der Waals surface area contributed by atoms with Crippen LogP contribution in [0.3, 0.4) is 0 Å². The van der Waals surface area contributed by atoms with Crippen LogP contribution >= 0.6 is 35.1 Å². The van der Waals surface area contributed by atoms with E-state index in [1.165, 1.54) is 11.8 Å². The van der Waals surface area contributed by atoms with Gasteiger partial charge < -0.3 is 4.42 Å². The third kappa shape index (κ3) is 3.85. The SMILES string of the molecule is CCC1Cc2c(Sc3nnc(-c4ccccc4Cl)o3)nc(C(F)(F)F)nc2S1. The lowest BCUT2D eigenvalue weighted by Crippen LogP contribution is -2.13. The molecule has 0 fully saturated rings. The van der Waals surface area contributed by atoms with Gasteiger partial charge in [-0.1, -0.05) is 30.7 Å². The second-order valence-electron chi connectivity index (χ2n) is 5.94. The molecule has 11 heteroatoms. The Morgan fingerprint density at radius 2 is 2.04 bits per heavy atom. The van der Waals surface area contributed by atoms with Gasteiger partial charge in [-0.25, -0.2) is 9.97 Å². The van der Waals surface area contributed by atoms with E-state index in [2.05, 4.69) is 20.2 Å². The summed E-state index contributed by atoms with van der Waals surface area (Å²) in [6.45, 7) is 1.99. The van der Waals surface area contributed by atoms with Crippen LogP contribution in [0.2, 0.25) is 5.02 Å². The molecule has 1 unspecified atom stereocenters. The van der Waals surface area contributed by atoms with Crippen LogP contribution in [0.4, 0.5) is 13.2 Å². The molecule has 4 rings (SSSR count). The van der Waals surface area contributed by atoms with Crippen molar-refractivity contribution in [1.82, 2.24) is 20.2 Å². The van der Waals surface area contributed by atoms with Crippen molar-refractivity contribution in [2.45, 2.75) is 46.5 Å². The maximum Gasteiger partial charge on any atom is 0.451 e. The third-order valence-electron chi connectivity index (χ3n) is 4.04. The van der Waals surface area contributed by atoms with E-state index in [-0.39, 0.29) is 21.4 Å². The molecule has 0 aliphatic carbocycles. The van der Waals surface area contributed by atoms with Gasteiger partial charge in [-0.15, -0.1) is 22.0 Å². The Hall–Kier alpha value is -1.78. The standard InChI is InChI=1S/C17H12ClF3N4OS2/c1-2-8-7-10-13(27-8)22-15(17(19,20)21)23-14(10)28-16-25-24-12(26-16)9-5-3-4-6-11(9)18/h3-6,8H,2,7H2,1H3. The van der Waals surface area contributed by atoms with Gasteiger partial charge in [0.2, 0.25) is 11.7 Å². The van der Waals surface area contributed by atoms with Gasteiger partial charge in [0.1, 0.15) is 10.1 Å². The first-order chi connectivity index (χ1) is 13.3. The molecule has 0 spiro atoms. The predicted octanol–water partition coefficient (Wildman–Crippen LogP) is 5.78. The molecule has 1 atom stereocenters. The number of thioether (sulfide) groups is 1. The van der Waals surface area contributed by atoms with Crippen LogP contribution in [-0.2, 0) is 12.6 Å². The molecule has 0 saturated heterocycles. The molecule has 0 N–H and O–H groups in total. The Balaban J connectivity index is 1.69. The van der Waals surface area contributed by atoms with Crippen molar-refractivity contribution in [3.8, 4) is 11.5 Å². The zero-order valence-electron chi connectivity index (χ0n) is 14.3. The first kappa shape index (κ1) is 19.5. The van der Waals surface area contributed by atoms with E-state index >= 15 is 0 Å². The number of nitrogens with zero attached hydrogens (tertiary/aromatic N) is 4. The van der Waals surface area contributed by atoms with Crippen molar-refractivity contribution in [2.24, 2.45) is 0 Å². The van der Waals surface area contributed by atoms with Crippen LogP contribution < -0.4 is 0 Å². The van der Waals surface area contributed by atoms with Crippen molar-refractivity contribution >= 4 is 35.1 Å². The van der Waals surface area contributed by atoms with E-state index in [9.17, 15) is 13.2 Å². The highest BCUT2D eigenvalue weighted by molar-refractivity contribution is 8.00. The van der Waals surface area contributed by atoms with Gasteiger partial charge in [0.15, 0.2) is 0 Å². The first-order valence-corrected chi connectivity index (χ1v) is 10.3. The van der Waals surface area contributed by atoms with Crippen LogP contribution in [-0.4, -0.2) is 25.4 Å². The fourth-order valence-corrected chi connectivity index (χ4v) is 4.94. The third-order valence-corrected chi connectivity index (χ3v) is 6.64. The van der Waals surface area contributed by atoms with E-state index in [0.717, 1.165) is 18.2 Å². The monoisotopic (exact) mass is 444 g/mol. The molecule has 3 heterocycles. The van der Waals surface area contributed by atoms with Gasteiger partial charge in [0, 0.05) is 10.8 Å². The summed E-state index contributed by atoms with van der Waals surface area (Å²) in [5.74, 6) is -0.973. The number of benzene rings is 1. The number of rotatable bonds is 4. The van der Waals surface area contributed by atoms with Crippen molar-refractivity contribution in [3.63, 3.8) is 0 Å². The summed E-state index contributed by atoms with van der Waals surface area (Å²) in [6.07, 6.45) is -3.21. The van der Waals surface area contributed by atoms with E-state index in [1.54, 1.807) is 24.3 Å². The molecule has 1 aliphatic heterocycles.